The number of fused-ring (bicyclic) bond motifs is 1. The van der Waals surface area contributed by atoms with E-state index in [0.29, 0.717) is 29.8 Å². The Morgan fingerprint density at radius 3 is 2.10 bits per heavy atom. The van der Waals surface area contributed by atoms with Gasteiger partial charge in [0.2, 0.25) is 11.8 Å². The molecular formula is C22H18N2O5. The van der Waals surface area contributed by atoms with Crippen molar-refractivity contribution in [3.8, 4) is 0 Å². The zero-order valence-corrected chi connectivity index (χ0v) is 15.4. The third kappa shape index (κ3) is 3.42. The van der Waals surface area contributed by atoms with Gasteiger partial charge in [-0.2, -0.15) is 0 Å². The van der Waals surface area contributed by atoms with Crippen molar-refractivity contribution in [3.05, 3.63) is 71.8 Å². The molecule has 2 aromatic carbocycles. The van der Waals surface area contributed by atoms with Crippen molar-refractivity contribution in [2.24, 2.45) is 11.8 Å². The molecule has 7 nitrogen and oxygen atoms in total. The first-order valence-electron chi connectivity index (χ1n) is 9.23. The van der Waals surface area contributed by atoms with Crippen LogP contribution in [-0.4, -0.2) is 28.8 Å². The number of benzene rings is 2. The van der Waals surface area contributed by atoms with Crippen LogP contribution >= 0.6 is 0 Å². The Morgan fingerprint density at radius 1 is 0.897 bits per heavy atom. The topological polar surface area (TPSA) is 104 Å². The molecule has 2 atom stereocenters. The summed E-state index contributed by atoms with van der Waals surface area (Å²) in [6.07, 6.45) is 4.96. The summed E-state index contributed by atoms with van der Waals surface area (Å²) in [4.78, 5) is 50.1. The van der Waals surface area contributed by atoms with Crippen LogP contribution in [0.15, 0.2) is 60.7 Å². The van der Waals surface area contributed by atoms with Crippen LogP contribution in [0, 0.1) is 11.8 Å². The zero-order valence-electron chi connectivity index (χ0n) is 15.4. The lowest BCUT2D eigenvalue weighted by Crippen LogP contribution is -2.31. The van der Waals surface area contributed by atoms with E-state index in [9.17, 15) is 19.2 Å². The molecular weight excluding hydrogens is 372 g/mol. The maximum atomic E-state index is 12.7. The second kappa shape index (κ2) is 7.35. The molecule has 0 aromatic heterocycles. The van der Waals surface area contributed by atoms with Gasteiger partial charge in [0.1, 0.15) is 0 Å². The maximum Gasteiger partial charge on any atom is 0.335 e. The number of carboxylic acids is 1. The molecule has 0 saturated carbocycles. The van der Waals surface area contributed by atoms with Gasteiger partial charge in [-0.25, -0.2) is 4.79 Å². The quantitative estimate of drug-likeness (QED) is 0.617. The van der Waals surface area contributed by atoms with Crippen LogP contribution in [-0.2, 0) is 9.59 Å². The summed E-state index contributed by atoms with van der Waals surface area (Å²) >= 11 is 0. The lowest BCUT2D eigenvalue weighted by molar-refractivity contribution is -0.122. The number of carboxylic acid groups (broad SMARTS) is 1. The molecule has 1 heterocycles. The van der Waals surface area contributed by atoms with Crippen molar-refractivity contribution in [2.75, 3.05) is 10.2 Å². The second-order valence-electron chi connectivity index (χ2n) is 7.05. The number of amides is 3. The highest BCUT2D eigenvalue weighted by molar-refractivity contribution is 6.22. The predicted octanol–water partition coefficient (Wildman–Crippen LogP) is 3.09. The number of aromatic carboxylic acids is 1. The molecule has 4 rings (SSSR count). The molecule has 0 unspecified atom stereocenters. The number of nitrogens with zero attached hydrogens (tertiary/aromatic N) is 1. The first kappa shape index (κ1) is 18.6. The Balaban J connectivity index is 1.54. The summed E-state index contributed by atoms with van der Waals surface area (Å²) in [5.74, 6) is -2.60. The summed E-state index contributed by atoms with van der Waals surface area (Å²) in [5.41, 5.74) is 1.23. The number of carbonyl (C=O) groups is 4. The fourth-order valence-electron chi connectivity index (χ4n) is 3.74. The second-order valence-corrected chi connectivity index (χ2v) is 7.05. The Kier molecular flexibility index (Phi) is 4.72. The van der Waals surface area contributed by atoms with Gasteiger partial charge < -0.3 is 10.4 Å². The molecule has 2 aromatic rings. The number of nitrogens with one attached hydrogen (secondary N) is 1. The highest BCUT2D eigenvalue weighted by Crippen LogP contribution is 2.37. The van der Waals surface area contributed by atoms with Gasteiger partial charge in [-0.15, -0.1) is 0 Å². The lowest BCUT2D eigenvalue weighted by Gasteiger charge is -2.16. The number of hydrogen-bond donors (Lipinski definition) is 2. The Hall–Kier alpha value is -3.74. The summed E-state index contributed by atoms with van der Waals surface area (Å²) in [6.45, 7) is 0. The molecule has 1 saturated heterocycles. The fourth-order valence-corrected chi connectivity index (χ4v) is 3.74. The maximum absolute atomic E-state index is 12.7. The molecule has 146 valence electrons. The van der Waals surface area contributed by atoms with E-state index < -0.39 is 11.9 Å². The zero-order chi connectivity index (χ0) is 20.5. The summed E-state index contributed by atoms with van der Waals surface area (Å²) < 4.78 is 0. The molecule has 2 aliphatic rings. The average molecular weight is 390 g/mol. The van der Waals surface area contributed by atoms with Crippen LogP contribution in [0.5, 0.6) is 0 Å². The van der Waals surface area contributed by atoms with Gasteiger partial charge in [0, 0.05) is 11.3 Å². The van der Waals surface area contributed by atoms with Crippen LogP contribution in [0.3, 0.4) is 0 Å². The lowest BCUT2D eigenvalue weighted by atomic mass is 9.85. The van der Waals surface area contributed by atoms with Crippen LogP contribution in [0.4, 0.5) is 11.4 Å². The van der Waals surface area contributed by atoms with Crippen molar-refractivity contribution in [1.29, 1.82) is 0 Å². The van der Waals surface area contributed by atoms with Gasteiger partial charge in [-0.3, -0.25) is 19.3 Å². The third-order valence-electron chi connectivity index (χ3n) is 5.26. The number of imide groups is 1. The van der Waals surface area contributed by atoms with Crippen molar-refractivity contribution in [3.63, 3.8) is 0 Å². The van der Waals surface area contributed by atoms with Crippen molar-refractivity contribution in [2.45, 2.75) is 12.8 Å². The highest BCUT2D eigenvalue weighted by atomic mass is 16.4. The first-order valence-corrected chi connectivity index (χ1v) is 9.23. The van der Waals surface area contributed by atoms with E-state index >= 15 is 0 Å². The van der Waals surface area contributed by atoms with Crippen LogP contribution in [0.1, 0.15) is 33.6 Å². The fraction of sp³-hybridized carbons (Fsp3) is 0.182. The normalized spacial score (nSPS) is 20.5. The Labute approximate surface area is 166 Å². The molecule has 1 fully saturated rings. The van der Waals surface area contributed by atoms with E-state index in [0.717, 1.165) is 0 Å². The van der Waals surface area contributed by atoms with Gasteiger partial charge >= 0.3 is 5.97 Å². The molecule has 7 heteroatoms. The molecule has 1 aliphatic carbocycles. The predicted molar refractivity (Wildman–Crippen MR) is 106 cm³/mol. The van der Waals surface area contributed by atoms with E-state index in [2.05, 4.69) is 5.32 Å². The SMILES string of the molecule is O=C(O)c1ccc(NC(=O)c2cccc(N3C(=O)[C@H]4CC=CC[C@@H]4C3=O)c2)cc1. The van der Waals surface area contributed by atoms with E-state index in [1.165, 1.54) is 35.2 Å². The van der Waals surface area contributed by atoms with Gasteiger partial charge in [0.15, 0.2) is 0 Å². The standard InChI is InChI=1S/C22H18N2O5/c25-19(23-15-10-8-13(9-11-15)22(28)29)14-4-3-5-16(12-14)24-20(26)17-6-1-2-7-18(17)21(24)27/h1-5,8-12,17-18H,6-7H2,(H,23,25)(H,28,29)/t17-,18-/m0/s1. The minimum atomic E-state index is -1.05. The van der Waals surface area contributed by atoms with E-state index in [1.54, 1.807) is 18.2 Å². The van der Waals surface area contributed by atoms with Crippen LogP contribution < -0.4 is 10.2 Å². The van der Waals surface area contributed by atoms with E-state index in [4.69, 9.17) is 5.11 Å². The minimum absolute atomic E-state index is 0.118. The summed E-state index contributed by atoms with van der Waals surface area (Å²) in [5, 5.41) is 11.6. The smallest absolute Gasteiger partial charge is 0.335 e. The molecule has 0 spiro atoms. The molecule has 0 radical (unpaired) electrons. The number of carbonyl (C=O) groups excluding carboxylic acids is 3. The van der Waals surface area contributed by atoms with Crippen LogP contribution in [0.25, 0.3) is 0 Å². The number of hydrogen-bond acceptors (Lipinski definition) is 4. The molecule has 1 aliphatic heterocycles. The third-order valence-corrected chi connectivity index (χ3v) is 5.26. The molecule has 0 bridgehead atoms. The minimum Gasteiger partial charge on any atom is -0.478 e. The molecule has 2 N–H and O–H groups in total. The van der Waals surface area contributed by atoms with Gasteiger partial charge in [-0.1, -0.05) is 18.2 Å². The largest absolute Gasteiger partial charge is 0.478 e. The van der Waals surface area contributed by atoms with Crippen molar-refractivity contribution >= 4 is 35.1 Å². The van der Waals surface area contributed by atoms with Crippen LogP contribution in [0.2, 0.25) is 0 Å². The van der Waals surface area contributed by atoms with E-state index in [1.807, 2.05) is 12.2 Å². The number of anilines is 2. The van der Waals surface area contributed by atoms with Gasteiger partial charge in [0.25, 0.3) is 5.91 Å². The van der Waals surface area contributed by atoms with Gasteiger partial charge in [0.05, 0.1) is 23.1 Å². The van der Waals surface area contributed by atoms with Gasteiger partial charge in [-0.05, 0) is 55.3 Å². The molecule has 29 heavy (non-hydrogen) atoms. The van der Waals surface area contributed by atoms with Crippen molar-refractivity contribution < 1.29 is 24.3 Å². The summed E-state index contributed by atoms with van der Waals surface area (Å²) in [6, 6.07) is 12.1. The number of allylic oxidation sites excluding steroid dienone is 2. The number of rotatable bonds is 4. The monoisotopic (exact) mass is 390 g/mol. The van der Waals surface area contributed by atoms with E-state index in [-0.39, 0.29) is 29.2 Å². The first-order chi connectivity index (χ1) is 14.0. The Bertz CT molecular complexity index is 1020. The molecule has 3 amide bonds. The van der Waals surface area contributed by atoms with Crippen molar-refractivity contribution in [1.82, 2.24) is 0 Å². The average Bonchev–Trinajstić information content (AvgIpc) is 2.99. The Morgan fingerprint density at radius 2 is 1.52 bits per heavy atom. The summed E-state index contributed by atoms with van der Waals surface area (Å²) in [7, 11) is 0. The highest BCUT2D eigenvalue weighted by Gasteiger charge is 2.47.